The van der Waals surface area contributed by atoms with Crippen molar-refractivity contribution >= 4 is 18.0 Å². The van der Waals surface area contributed by atoms with Crippen molar-refractivity contribution in [2.45, 2.75) is 57.5 Å². The van der Waals surface area contributed by atoms with Crippen LogP contribution in [0.15, 0.2) is 60.2 Å². The van der Waals surface area contributed by atoms with E-state index in [1.54, 1.807) is 0 Å². The van der Waals surface area contributed by atoms with Crippen LogP contribution < -0.4 is 10.6 Å². The van der Waals surface area contributed by atoms with Gasteiger partial charge in [0, 0.05) is 5.92 Å². The molecule has 184 valence electrons. The van der Waals surface area contributed by atoms with E-state index in [0.29, 0.717) is 0 Å². The fourth-order valence-corrected chi connectivity index (χ4v) is 4.78. The molecule has 1 fully saturated rings. The fraction of sp³-hybridized carbons (Fsp3) is 0.393. The van der Waals surface area contributed by atoms with Crippen LogP contribution in [0.1, 0.15) is 56.6 Å². The maximum Gasteiger partial charge on any atom is 0.407 e. The van der Waals surface area contributed by atoms with Gasteiger partial charge in [-0.3, -0.25) is 4.79 Å². The number of carbonyl (C=O) groups excluding carboxylic acids is 2. The molecule has 0 heterocycles. The number of carboxylic acid groups (broad SMARTS) is 1. The van der Waals surface area contributed by atoms with E-state index in [-0.39, 0.29) is 24.9 Å². The highest BCUT2D eigenvalue weighted by Crippen LogP contribution is 2.44. The second kappa shape index (κ2) is 10.8. The number of aliphatic carboxylic acids is 1. The lowest BCUT2D eigenvalue weighted by Crippen LogP contribution is -2.54. The number of hydrogen-bond donors (Lipinski definition) is 3. The third-order valence-corrected chi connectivity index (χ3v) is 6.90. The summed E-state index contributed by atoms with van der Waals surface area (Å²) in [5.74, 6) is -1.73. The molecule has 0 spiro atoms. The molecule has 2 aromatic carbocycles. The lowest BCUT2D eigenvalue weighted by Gasteiger charge is -2.32. The molecule has 2 atom stereocenters. The first-order chi connectivity index (χ1) is 16.8. The van der Waals surface area contributed by atoms with E-state index in [1.807, 2.05) is 56.3 Å². The molecule has 0 saturated heterocycles. The predicted molar refractivity (Wildman–Crippen MR) is 133 cm³/mol. The molecule has 0 aromatic heterocycles. The number of carbonyl (C=O) groups is 3. The highest BCUT2D eigenvalue weighted by molar-refractivity contribution is 5.89. The topological polar surface area (TPSA) is 105 Å². The molecule has 7 heteroatoms. The predicted octanol–water partition coefficient (Wildman–Crippen LogP) is 4.62. The summed E-state index contributed by atoms with van der Waals surface area (Å²) in [6.45, 7) is 3.93. The van der Waals surface area contributed by atoms with Crippen molar-refractivity contribution in [1.82, 2.24) is 10.6 Å². The minimum absolute atomic E-state index is 0.0741. The smallest absolute Gasteiger partial charge is 0.407 e. The SMILES string of the molecule is CC(C)=CCC(NC(=O)OCC1c2ccccc2-c2ccccc21)C(=O)NC(C(=O)O)C1CCC1. The Labute approximate surface area is 205 Å². The maximum atomic E-state index is 13.0. The summed E-state index contributed by atoms with van der Waals surface area (Å²) in [6, 6.07) is 14.3. The van der Waals surface area contributed by atoms with Crippen molar-refractivity contribution < 1.29 is 24.2 Å². The first-order valence-electron chi connectivity index (χ1n) is 12.1. The number of hydrogen-bond acceptors (Lipinski definition) is 4. The van der Waals surface area contributed by atoms with Crippen molar-refractivity contribution in [3.05, 3.63) is 71.3 Å². The van der Waals surface area contributed by atoms with Crippen LogP contribution in [0.3, 0.4) is 0 Å². The average molecular weight is 477 g/mol. The first kappa shape index (κ1) is 24.5. The second-order valence-corrected chi connectivity index (χ2v) is 9.56. The molecule has 1 saturated carbocycles. The number of rotatable bonds is 9. The van der Waals surface area contributed by atoms with Crippen LogP contribution in [-0.2, 0) is 14.3 Å². The van der Waals surface area contributed by atoms with Gasteiger partial charge in [-0.2, -0.15) is 0 Å². The van der Waals surface area contributed by atoms with Gasteiger partial charge in [-0.25, -0.2) is 9.59 Å². The molecule has 2 unspecified atom stereocenters. The zero-order chi connectivity index (χ0) is 24.9. The zero-order valence-corrected chi connectivity index (χ0v) is 20.1. The number of benzene rings is 2. The Kier molecular flexibility index (Phi) is 7.54. The van der Waals surface area contributed by atoms with Crippen molar-refractivity contribution in [3.8, 4) is 11.1 Å². The Hall–Kier alpha value is -3.61. The van der Waals surface area contributed by atoms with E-state index in [9.17, 15) is 19.5 Å². The maximum absolute atomic E-state index is 13.0. The molecule has 0 aliphatic heterocycles. The van der Waals surface area contributed by atoms with Gasteiger partial charge in [0.15, 0.2) is 0 Å². The van der Waals surface area contributed by atoms with Crippen LogP contribution in [0, 0.1) is 5.92 Å². The van der Waals surface area contributed by atoms with Crippen LogP contribution >= 0.6 is 0 Å². The lowest BCUT2D eigenvalue weighted by atomic mass is 9.79. The van der Waals surface area contributed by atoms with Gasteiger partial charge in [0.05, 0.1) is 0 Å². The summed E-state index contributed by atoms with van der Waals surface area (Å²) in [6.07, 6.45) is 3.89. The van der Waals surface area contributed by atoms with Gasteiger partial charge in [-0.1, -0.05) is 66.6 Å². The fourth-order valence-electron chi connectivity index (χ4n) is 4.78. The van der Waals surface area contributed by atoms with Gasteiger partial charge >= 0.3 is 12.1 Å². The number of amides is 2. The van der Waals surface area contributed by atoms with Crippen molar-refractivity contribution in [3.63, 3.8) is 0 Å². The number of alkyl carbamates (subject to hydrolysis) is 1. The van der Waals surface area contributed by atoms with E-state index < -0.39 is 30.1 Å². The number of carboxylic acids is 1. The normalized spacial score (nSPS) is 16.2. The van der Waals surface area contributed by atoms with Gasteiger partial charge in [0.25, 0.3) is 0 Å². The minimum Gasteiger partial charge on any atom is -0.480 e. The lowest BCUT2D eigenvalue weighted by molar-refractivity contribution is -0.144. The Balaban J connectivity index is 1.42. The number of nitrogens with one attached hydrogen (secondary N) is 2. The number of ether oxygens (including phenoxy) is 1. The highest BCUT2D eigenvalue weighted by atomic mass is 16.5. The molecule has 2 aliphatic rings. The summed E-state index contributed by atoms with van der Waals surface area (Å²) in [5, 5.41) is 14.9. The average Bonchev–Trinajstić information content (AvgIpc) is 3.12. The largest absolute Gasteiger partial charge is 0.480 e. The summed E-state index contributed by atoms with van der Waals surface area (Å²) in [5.41, 5.74) is 5.46. The Bertz CT molecular complexity index is 1090. The van der Waals surface area contributed by atoms with Crippen molar-refractivity contribution in [2.24, 2.45) is 5.92 Å². The molecule has 2 aliphatic carbocycles. The van der Waals surface area contributed by atoms with Crippen LogP contribution in [0.25, 0.3) is 11.1 Å². The van der Waals surface area contributed by atoms with Gasteiger partial charge in [-0.15, -0.1) is 0 Å². The van der Waals surface area contributed by atoms with E-state index in [0.717, 1.165) is 47.1 Å². The van der Waals surface area contributed by atoms with E-state index in [4.69, 9.17) is 4.74 Å². The van der Waals surface area contributed by atoms with Crippen LogP contribution in [0.2, 0.25) is 0 Å². The van der Waals surface area contributed by atoms with Crippen LogP contribution in [0.4, 0.5) is 4.79 Å². The van der Waals surface area contributed by atoms with Gasteiger partial charge in [0.1, 0.15) is 18.7 Å². The Morgan fingerprint density at radius 3 is 2.11 bits per heavy atom. The summed E-state index contributed by atoms with van der Waals surface area (Å²) >= 11 is 0. The molecule has 4 rings (SSSR count). The summed E-state index contributed by atoms with van der Waals surface area (Å²) < 4.78 is 5.59. The molecular formula is C28H32N2O5. The number of fused-ring (bicyclic) bond motifs is 3. The summed E-state index contributed by atoms with van der Waals surface area (Å²) in [7, 11) is 0. The molecule has 2 amide bonds. The molecule has 2 aromatic rings. The summed E-state index contributed by atoms with van der Waals surface area (Å²) in [4.78, 5) is 37.4. The van der Waals surface area contributed by atoms with E-state index in [2.05, 4.69) is 22.8 Å². The quantitative estimate of drug-likeness (QED) is 0.458. The monoisotopic (exact) mass is 476 g/mol. The van der Waals surface area contributed by atoms with Gasteiger partial charge < -0.3 is 20.5 Å². The molecule has 0 bridgehead atoms. The second-order valence-electron chi connectivity index (χ2n) is 9.56. The highest BCUT2D eigenvalue weighted by Gasteiger charge is 2.35. The van der Waals surface area contributed by atoms with Crippen LogP contribution in [-0.4, -0.2) is 41.8 Å². The standard InChI is InChI=1S/C28H32N2O5/c1-17(2)14-15-24(26(31)30-25(27(32)33)18-8-7-9-18)29-28(34)35-16-23-21-12-5-3-10-19(21)20-11-4-6-13-22(20)23/h3-6,10-14,18,23-25H,7-9,15-16H2,1-2H3,(H,29,34)(H,30,31)(H,32,33). The van der Waals surface area contributed by atoms with Gasteiger partial charge in [0.2, 0.25) is 5.91 Å². The molecule has 7 nitrogen and oxygen atoms in total. The number of allylic oxidation sites excluding steroid dienone is 1. The third kappa shape index (κ3) is 5.56. The minimum atomic E-state index is -1.05. The molecule has 35 heavy (non-hydrogen) atoms. The Morgan fingerprint density at radius 1 is 1.00 bits per heavy atom. The zero-order valence-electron chi connectivity index (χ0n) is 20.1. The van der Waals surface area contributed by atoms with E-state index in [1.165, 1.54) is 0 Å². The Morgan fingerprint density at radius 2 is 1.60 bits per heavy atom. The van der Waals surface area contributed by atoms with Crippen LogP contribution in [0.5, 0.6) is 0 Å². The van der Waals surface area contributed by atoms with Gasteiger partial charge in [-0.05, 0) is 61.3 Å². The van der Waals surface area contributed by atoms with E-state index >= 15 is 0 Å². The van der Waals surface area contributed by atoms with Crippen molar-refractivity contribution in [2.75, 3.05) is 6.61 Å². The molecule has 3 N–H and O–H groups in total. The molecular weight excluding hydrogens is 444 g/mol. The molecule has 0 radical (unpaired) electrons. The first-order valence-corrected chi connectivity index (χ1v) is 12.1. The third-order valence-electron chi connectivity index (χ3n) is 6.90. The van der Waals surface area contributed by atoms with Crippen molar-refractivity contribution in [1.29, 1.82) is 0 Å².